The first-order valence-corrected chi connectivity index (χ1v) is 8.99. The first-order valence-electron chi connectivity index (χ1n) is 8.99. The van der Waals surface area contributed by atoms with E-state index in [1.165, 1.54) is 11.0 Å². The number of β-amino-alcohol motifs (C(OH)–C–C–N with tert-alkyl or cyclic N) is 1. The first-order chi connectivity index (χ1) is 12.8. The molecule has 4 rings (SSSR count). The Morgan fingerprint density at radius 2 is 2.04 bits per heavy atom. The number of halogens is 1. The Morgan fingerprint density at radius 1 is 1.26 bits per heavy atom. The molecular weight excluding hydrogens is 353 g/mol. The lowest BCUT2D eigenvalue weighted by Gasteiger charge is -2.34. The SMILES string of the molecule is CN1CCC(c2cc3c(cc2F)c(N2CCC(=O)NC2=O)nn3C)C(O)C1. The third kappa shape index (κ3) is 3.06. The second kappa shape index (κ2) is 6.58. The summed E-state index contributed by atoms with van der Waals surface area (Å²) in [6, 6.07) is 2.54. The highest BCUT2D eigenvalue weighted by Crippen LogP contribution is 2.35. The molecule has 0 bridgehead atoms. The number of likely N-dealkylation sites (N-methyl/N-ethyl adjacent to an activating group) is 1. The molecule has 2 aromatic rings. The highest BCUT2D eigenvalue weighted by atomic mass is 19.1. The molecule has 2 aliphatic heterocycles. The minimum Gasteiger partial charge on any atom is -0.391 e. The van der Waals surface area contributed by atoms with Gasteiger partial charge in [-0.25, -0.2) is 9.18 Å². The van der Waals surface area contributed by atoms with Gasteiger partial charge in [-0.05, 0) is 37.7 Å². The van der Waals surface area contributed by atoms with Crippen molar-refractivity contribution in [2.24, 2.45) is 7.05 Å². The van der Waals surface area contributed by atoms with Crippen LogP contribution in [0.2, 0.25) is 0 Å². The zero-order valence-electron chi connectivity index (χ0n) is 15.3. The number of fused-ring (bicyclic) bond motifs is 1. The maximum absolute atomic E-state index is 15.0. The lowest BCUT2D eigenvalue weighted by molar-refractivity contribution is -0.120. The standard InChI is InChI=1S/C18H22FN5O3/c1-22-5-3-10(15(25)9-22)11-8-14-12(7-13(11)19)17(21-23(14)2)24-6-4-16(26)20-18(24)27/h7-8,10,15,25H,3-6,9H2,1-2H3,(H,20,26,27). The molecule has 1 aromatic heterocycles. The minimum atomic E-state index is -0.637. The summed E-state index contributed by atoms with van der Waals surface area (Å²) < 4.78 is 16.6. The van der Waals surface area contributed by atoms with Gasteiger partial charge in [0, 0.05) is 37.9 Å². The Bertz CT molecular complexity index is 927. The molecule has 1 aromatic carbocycles. The van der Waals surface area contributed by atoms with Crippen LogP contribution in [0.1, 0.15) is 24.3 Å². The summed E-state index contributed by atoms with van der Waals surface area (Å²) in [6.45, 7) is 1.49. The average Bonchev–Trinajstić information content (AvgIpc) is 2.90. The number of carbonyl (C=O) groups excluding carboxylic acids is 2. The van der Waals surface area contributed by atoms with Crippen LogP contribution >= 0.6 is 0 Å². The van der Waals surface area contributed by atoms with Gasteiger partial charge >= 0.3 is 6.03 Å². The van der Waals surface area contributed by atoms with E-state index in [0.29, 0.717) is 35.2 Å². The van der Waals surface area contributed by atoms with E-state index < -0.39 is 18.0 Å². The summed E-state index contributed by atoms with van der Waals surface area (Å²) in [5, 5.41) is 17.5. The number of hydrogen-bond donors (Lipinski definition) is 2. The number of aliphatic hydroxyl groups is 1. The van der Waals surface area contributed by atoms with Crippen molar-refractivity contribution in [1.29, 1.82) is 0 Å². The van der Waals surface area contributed by atoms with E-state index in [4.69, 9.17) is 0 Å². The number of hydrogen-bond acceptors (Lipinski definition) is 5. The van der Waals surface area contributed by atoms with E-state index >= 15 is 0 Å². The number of rotatable bonds is 2. The fraction of sp³-hybridized carbons (Fsp3) is 0.500. The highest BCUT2D eigenvalue weighted by Gasteiger charge is 2.32. The summed E-state index contributed by atoms with van der Waals surface area (Å²) in [4.78, 5) is 26.9. The zero-order valence-corrected chi connectivity index (χ0v) is 15.3. The van der Waals surface area contributed by atoms with E-state index in [-0.39, 0.29) is 24.8 Å². The number of benzene rings is 1. The van der Waals surface area contributed by atoms with Gasteiger partial charge in [-0.2, -0.15) is 5.10 Å². The van der Waals surface area contributed by atoms with Gasteiger partial charge in [0.05, 0.1) is 11.6 Å². The Hall–Kier alpha value is -2.52. The molecule has 8 nitrogen and oxygen atoms in total. The average molecular weight is 375 g/mol. The van der Waals surface area contributed by atoms with Crippen LogP contribution in [0, 0.1) is 5.82 Å². The van der Waals surface area contributed by atoms with Crippen LogP contribution in [-0.2, 0) is 11.8 Å². The number of aryl methyl sites for hydroxylation is 1. The molecule has 9 heteroatoms. The fourth-order valence-corrected chi connectivity index (χ4v) is 3.98. The van der Waals surface area contributed by atoms with Gasteiger partial charge in [0.2, 0.25) is 5.91 Å². The minimum absolute atomic E-state index is 0.173. The zero-order chi connectivity index (χ0) is 19.3. The van der Waals surface area contributed by atoms with Crippen LogP contribution in [0.4, 0.5) is 15.0 Å². The second-order valence-corrected chi connectivity index (χ2v) is 7.32. The third-order valence-electron chi connectivity index (χ3n) is 5.44. The van der Waals surface area contributed by atoms with Crippen molar-refractivity contribution >= 4 is 28.7 Å². The summed E-state index contributed by atoms with van der Waals surface area (Å²) in [6.07, 6.45) is 0.204. The molecule has 3 amide bonds. The van der Waals surface area contributed by atoms with Gasteiger partial charge in [-0.3, -0.25) is 19.7 Å². The molecular formula is C18H22FN5O3. The number of imide groups is 1. The van der Waals surface area contributed by atoms with Gasteiger partial charge in [0.15, 0.2) is 5.82 Å². The van der Waals surface area contributed by atoms with Crippen molar-refractivity contribution in [3.63, 3.8) is 0 Å². The van der Waals surface area contributed by atoms with Crippen molar-refractivity contribution in [2.45, 2.75) is 24.9 Å². The normalized spacial score (nSPS) is 24.5. The largest absolute Gasteiger partial charge is 0.391 e. The van der Waals surface area contributed by atoms with Gasteiger partial charge in [0.25, 0.3) is 0 Å². The third-order valence-corrected chi connectivity index (χ3v) is 5.44. The van der Waals surface area contributed by atoms with E-state index in [2.05, 4.69) is 10.4 Å². The molecule has 2 saturated heterocycles. The number of piperidine rings is 1. The molecule has 2 N–H and O–H groups in total. The summed E-state index contributed by atoms with van der Waals surface area (Å²) in [7, 11) is 3.66. The molecule has 2 atom stereocenters. The molecule has 0 saturated carbocycles. The maximum atomic E-state index is 15.0. The molecule has 2 fully saturated rings. The van der Waals surface area contributed by atoms with Crippen molar-refractivity contribution in [3.05, 3.63) is 23.5 Å². The Morgan fingerprint density at radius 3 is 2.74 bits per heavy atom. The number of urea groups is 1. The second-order valence-electron chi connectivity index (χ2n) is 7.32. The van der Waals surface area contributed by atoms with Crippen molar-refractivity contribution in [1.82, 2.24) is 20.0 Å². The number of carbonyl (C=O) groups is 2. The lowest BCUT2D eigenvalue weighted by Crippen LogP contribution is -2.49. The Kier molecular flexibility index (Phi) is 4.35. The Balaban J connectivity index is 1.75. The molecule has 27 heavy (non-hydrogen) atoms. The molecule has 0 spiro atoms. The topological polar surface area (TPSA) is 90.7 Å². The lowest BCUT2D eigenvalue weighted by atomic mass is 9.86. The molecule has 0 aliphatic carbocycles. The summed E-state index contributed by atoms with van der Waals surface area (Å²) >= 11 is 0. The highest BCUT2D eigenvalue weighted by molar-refractivity contribution is 6.08. The van der Waals surface area contributed by atoms with Crippen molar-refractivity contribution in [3.8, 4) is 0 Å². The molecule has 0 radical (unpaired) electrons. The van der Waals surface area contributed by atoms with Crippen LogP contribution in [-0.4, -0.2) is 64.5 Å². The number of likely N-dealkylation sites (tertiary alicyclic amines) is 1. The molecule has 3 heterocycles. The van der Waals surface area contributed by atoms with Crippen LogP contribution in [0.3, 0.4) is 0 Å². The Labute approximate surface area is 155 Å². The van der Waals surface area contributed by atoms with Gasteiger partial charge in [0.1, 0.15) is 5.82 Å². The predicted molar refractivity (Wildman–Crippen MR) is 97.0 cm³/mol. The van der Waals surface area contributed by atoms with E-state index in [9.17, 15) is 19.1 Å². The van der Waals surface area contributed by atoms with Gasteiger partial charge in [-0.1, -0.05) is 0 Å². The van der Waals surface area contributed by atoms with Crippen LogP contribution in [0.25, 0.3) is 10.9 Å². The molecule has 2 aliphatic rings. The fourth-order valence-electron chi connectivity index (χ4n) is 3.98. The first kappa shape index (κ1) is 17.9. The maximum Gasteiger partial charge on any atom is 0.329 e. The van der Waals surface area contributed by atoms with Gasteiger partial charge in [-0.15, -0.1) is 0 Å². The monoisotopic (exact) mass is 375 g/mol. The van der Waals surface area contributed by atoms with Crippen LogP contribution in [0.15, 0.2) is 12.1 Å². The number of aromatic nitrogens is 2. The molecule has 2 unspecified atom stereocenters. The summed E-state index contributed by atoms with van der Waals surface area (Å²) in [5.41, 5.74) is 1.15. The van der Waals surface area contributed by atoms with Crippen LogP contribution < -0.4 is 10.2 Å². The number of anilines is 1. The van der Waals surface area contributed by atoms with Gasteiger partial charge < -0.3 is 10.0 Å². The van der Waals surface area contributed by atoms with Crippen molar-refractivity contribution < 1.29 is 19.1 Å². The summed E-state index contributed by atoms with van der Waals surface area (Å²) in [5.74, 6) is -0.702. The smallest absolute Gasteiger partial charge is 0.329 e. The number of aliphatic hydroxyl groups excluding tert-OH is 1. The van der Waals surface area contributed by atoms with Crippen LogP contribution in [0.5, 0.6) is 0 Å². The van der Waals surface area contributed by atoms with E-state index in [0.717, 1.165) is 6.54 Å². The molecule has 144 valence electrons. The number of nitrogens with one attached hydrogen (secondary N) is 1. The van der Waals surface area contributed by atoms with E-state index in [1.807, 2.05) is 11.9 Å². The number of amides is 3. The number of nitrogens with zero attached hydrogens (tertiary/aromatic N) is 4. The van der Waals surface area contributed by atoms with E-state index in [1.54, 1.807) is 17.8 Å². The predicted octanol–water partition coefficient (Wildman–Crippen LogP) is 0.939. The van der Waals surface area contributed by atoms with Crippen molar-refractivity contribution in [2.75, 3.05) is 31.6 Å². The quantitative estimate of drug-likeness (QED) is 0.815.